The van der Waals surface area contributed by atoms with Crippen LogP contribution >= 0.6 is 0 Å². The lowest BCUT2D eigenvalue weighted by molar-refractivity contribution is -0.123. The van der Waals surface area contributed by atoms with Crippen molar-refractivity contribution in [3.8, 4) is 11.5 Å². The molecule has 1 aromatic carbocycles. The highest BCUT2D eigenvalue weighted by Crippen LogP contribution is 2.51. The molecule has 2 atom stereocenters. The van der Waals surface area contributed by atoms with E-state index in [4.69, 9.17) is 9.47 Å². The van der Waals surface area contributed by atoms with E-state index < -0.39 is 0 Å². The lowest BCUT2D eigenvalue weighted by Gasteiger charge is -2.46. The molecule has 26 heavy (non-hydrogen) atoms. The van der Waals surface area contributed by atoms with Gasteiger partial charge in [0.1, 0.15) is 11.5 Å². The molecule has 3 rings (SSSR count). The summed E-state index contributed by atoms with van der Waals surface area (Å²) in [6.07, 6.45) is 2.76. The standard InChI is InChI=1S/C21H32N2O3/c1-20(2)11-13(12-21(3,4)23-20)22-19(24)17-10-15(17)16-9-14(25-5)7-8-18(16)26-6/h7-9,13,15,17,23H,10-12H2,1-6H3,(H,22,24). The Morgan fingerprint density at radius 3 is 2.35 bits per heavy atom. The molecule has 2 unspecified atom stereocenters. The molecule has 5 nitrogen and oxygen atoms in total. The smallest absolute Gasteiger partial charge is 0.223 e. The van der Waals surface area contributed by atoms with Gasteiger partial charge in [-0.05, 0) is 65.2 Å². The summed E-state index contributed by atoms with van der Waals surface area (Å²) in [5, 5.41) is 6.97. The minimum atomic E-state index is 0.0251. The average Bonchev–Trinajstić information content (AvgIpc) is 3.31. The fourth-order valence-corrected chi connectivity index (χ4v) is 4.69. The Morgan fingerprint density at radius 1 is 1.12 bits per heavy atom. The zero-order chi connectivity index (χ0) is 19.1. The van der Waals surface area contributed by atoms with Crippen molar-refractivity contribution in [2.24, 2.45) is 5.92 Å². The van der Waals surface area contributed by atoms with Crippen LogP contribution in [0.15, 0.2) is 18.2 Å². The predicted molar refractivity (Wildman–Crippen MR) is 103 cm³/mol. The Kier molecular flexibility index (Phi) is 4.95. The van der Waals surface area contributed by atoms with Gasteiger partial charge in [-0.25, -0.2) is 0 Å². The summed E-state index contributed by atoms with van der Waals surface area (Å²) in [6, 6.07) is 6.01. The van der Waals surface area contributed by atoms with Crippen LogP contribution < -0.4 is 20.1 Å². The van der Waals surface area contributed by atoms with Gasteiger partial charge >= 0.3 is 0 Å². The SMILES string of the molecule is COc1ccc(OC)c(C2CC2C(=O)NC2CC(C)(C)NC(C)(C)C2)c1. The summed E-state index contributed by atoms with van der Waals surface area (Å²) in [6.45, 7) is 8.81. The third-order valence-corrected chi connectivity index (χ3v) is 5.50. The first-order valence-corrected chi connectivity index (χ1v) is 9.46. The van der Waals surface area contributed by atoms with Crippen LogP contribution in [0.2, 0.25) is 0 Å². The molecule has 5 heteroatoms. The summed E-state index contributed by atoms with van der Waals surface area (Å²) in [5.74, 6) is 2.03. The van der Waals surface area contributed by atoms with Crippen LogP contribution in [-0.2, 0) is 4.79 Å². The molecule has 1 aromatic rings. The average molecular weight is 360 g/mol. The van der Waals surface area contributed by atoms with Gasteiger partial charge in [-0.1, -0.05) is 0 Å². The van der Waals surface area contributed by atoms with Crippen molar-refractivity contribution >= 4 is 5.91 Å². The summed E-state index contributed by atoms with van der Waals surface area (Å²) in [4.78, 5) is 12.8. The van der Waals surface area contributed by atoms with Crippen LogP contribution in [0, 0.1) is 5.92 Å². The zero-order valence-electron chi connectivity index (χ0n) is 16.8. The molecule has 1 aliphatic carbocycles. The molecule has 1 heterocycles. The maximum absolute atomic E-state index is 12.8. The normalized spacial score (nSPS) is 26.8. The molecule has 2 aliphatic rings. The fraction of sp³-hybridized carbons (Fsp3) is 0.667. The van der Waals surface area contributed by atoms with Crippen LogP contribution in [0.4, 0.5) is 0 Å². The highest BCUT2D eigenvalue weighted by atomic mass is 16.5. The minimum absolute atomic E-state index is 0.0251. The Bertz CT molecular complexity index is 668. The highest BCUT2D eigenvalue weighted by Gasteiger charge is 2.47. The molecule has 0 spiro atoms. The van der Waals surface area contributed by atoms with E-state index in [-0.39, 0.29) is 34.9 Å². The summed E-state index contributed by atoms with van der Waals surface area (Å²) in [7, 11) is 3.32. The highest BCUT2D eigenvalue weighted by molar-refractivity contribution is 5.83. The van der Waals surface area contributed by atoms with Crippen LogP contribution in [0.5, 0.6) is 11.5 Å². The van der Waals surface area contributed by atoms with Crippen LogP contribution in [0.1, 0.15) is 58.4 Å². The number of benzene rings is 1. The van der Waals surface area contributed by atoms with Crippen molar-refractivity contribution < 1.29 is 14.3 Å². The van der Waals surface area contributed by atoms with Gasteiger partial charge in [-0.15, -0.1) is 0 Å². The van der Waals surface area contributed by atoms with Crippen molar-refractivity contribution in [2.75, 3.05) is 14.2 Å². The number of nitrogens with one attached hydrogen (secondary N) is 2. The molecule has 0 bridgehead atoms. The van der Waals surface area contributed by atoms with Crippen molar-refractivity contribution in [3.05, 3.63) is 23.8 Å². The number of hydrogen-bond donors (Lipinski definition) is 2. The predicted octanol–water partition coefficient (Wildman–Crippen LogP) is 3.23. The summed E-state index contributed by atoms with van der Waals surface area (Å²) >= 11 is 0. The first-order chi connectivity index (χ1) is 12.1. The molecular weight excluding hydrogens is 328 g/mol. The Balaban J connectivity index is 1.66. The van der Waals surface area contributed by atoms with E-state index in [1.807, 2.05) is 18.2 Å². The Labute approximate surface area is 156 Å². The number of ether oxygens (including phenoxy) is 2. The Hall–Kier alpha value is -1.75. The molecule has 1 saturated heterocycles. The van der Waals surface area contributed by atoms with Crippen molar-refractivity contribution in [1.29, 1.82) is 0 Å². The van der Waals surface area contributed by atoms with Gasteiger partial charge < -0.3 is 20.1 Å². The molecule has 2 fully saturated rings. The van der Waals surface area contributed by atoms with E-state index in [0.29, 0.717) is 0 Å². The lowest BCUT2D eigenvalue weighted by atomic mass is 9.79. The maximum atomic E-state index is 12.8. The second kappa shape index (κ2) is 6.76. The summed E-state index contributed by atoms with van der Waals surface area (Å²) < 4.78 is 10.8. The number of methoxy groups -OCH3 is 2. The quantitative estimate of drug-likeness (QED) is 0.846. The van der Waals surface area contributed by atoms with Gasteiger partial charge in [-0.2, -0.15) is 0 Å². The second-order valence-corrected chi connectivity index (χ2v) is 9.06. The number of carbonyl (C=O) groups excluding carboxylic acids is 1. The fourth-order valence-electron chi connectivity index (χ4n) is 4.69. The van der Waals surface area contributed by atoms with E-state index in [1.165, 1.54) is 0 Å². The van der Waals surface area contributed by atoms with Crippen LogP contribution in [-0.4, -0.2) is 37.2 Å². The Morgan fingerprint density at radius 2 is 1.77 bits per heavy atom. The van der Waals surface area contributed by atoms with Crippen molar-refractivity contribution in [2.45, 2.75) is 70.0 Å². The molecule has 1 aliphatic heterocycles. The number of hydrogen-bond acceptors (Lipinski definition) is 4. The first kappa shape index (κ1) is 19.0. The topological polar surface area (TPSA) is 59.6 Å². The van der Waals surface area contributed by atoms with Gasteiger partial charge in [0.25, 0.3) is 0 Å². The molecule has 2 N–H and O–H groups in total. The van der Waals surface area contributed by atoms with Gasteiger partial charge in [0.05, 0.1) is 14.2 Å². The number of amides is 1. The second-order valence-electron chi connectivity index (χ2n) is 9.06. The lowest BCUT2D eigenvalue weighted by Crippen LogP contribution is -2.62. The maximum Gasteiger partial charge on any atom is 0.223 e. The van der Waals surface area contributed by atoms with Gasteiger partial charge in [-0.3, -0.25) is 4.79 Å². The van der Waals surface area contributed by atoms with E-state index in [0.717, 1.165) is 36.3 Å². The zero-order valence-corrected chi connectivity index (χ0v) is 16.8. The molecule has 0 radical (unpaired) electrons. The van der Waals surface area contributed by atoms with Crippen LogP contribution in [0.3, 0.4) is 0 Å². The third kappa shape index (κ3) is 4.14. The molecule has 144 valence electrons. The summed E-state index contributed by atoms with van der Waals surface area (Å²) in [5.41, 5.74) is 1.12. The number of rotatable bonds is 5. The monoisotopic (exact) mass is 360 g/mol. The molecular formula is C21H32N2O3. The number of carbonyl (C=O) groups is 1. The third-order valence-electron chi connectivity index (χ3n) is 5.50. The van der Waals surface area contributed by atoms with Crippen molar-refractivity contribution in [1.82, 2.24) is 10.6 Å². The van der Waals surface area contributed by atoms with Gasteiger partial charge in [0.15, 0.2) is 0 Å². The van der Waals surface area contributed by atoms with Gasteiger partial charge in [0.2, 0.25) is 5.91 Å². The van der Waals surface area contributed by atoms with E-state index in [9.17, 15) is 4.79 Å². The van der Waals surface area contributed by atoms with E-state index in [1.54, 1.807) is 14.2 Å². The number of piperidine rings is 1. The van der Waals surface area contributed by atoms with E-state index in [2.05, 4.69) is 38.3 Å². The van der Waals surface area contributed by atoms with E-state index >= 15 is 0 Å². The first-order valence-electron chi connectivity index (χ1n) is 9.46. The van der Waals surface area contributed by atoms with Gasteiger partial charge in [0, 0.05) is 34.5 Å². The minimum Gasteiger partial charge on any atom is -0.497 e. The molecule has 1 amide bonds. The molecule has 0 aromatic heterocycles. The van der Waals surface area contributed by atoms with Crippen molar-refractivity contribution in [3.63, 3.8) is 0 Å². The molecule has 1 saturated carbocycles. The van der Waals surface area contributed by atoms with Crippen LogP contribution in [0.25, 0.3) is 0 Å². The largest absolute Gasteiger partial charge is 0.497 e.